The van der Waals surface area contributed by atoms with Gasteiger partial charge in [0.2, 0.25) is 0 Å². The van der Waals surface area contributed by atoms with E-state index in [0.717, 1.165) is 44.9 Å². The number of carbonyl (C=O) groups is 1. The van der Waals surface area contributed by atoms with Gasteiger partial charge in [-0.2, -0.15) is 0 Å². The van der Waals surface area contributed by atoms with E-state index in [2.05, 4.69) is 4.90 Å². The molecule has 0 aromatic carbocycles. The molecule has 0 atom stereocenters. The SMILES string of the molecule is Cc1ccc(C(=O)N2CCCN(CCCl)CC2)o1. The second kappa shape index (κ2) is 6.25. The van der Waals surface area contributed by atoms with E-state index in [-0.39, 0.29) is 5.91 Å². The third kappa shape index (κ3) is 3.27. The Morgan fingerprint density at radius 2 is 2.17 bits per heavy atom. The zero-order chi connectivity index (χ0) is 13.0. The van der Waals surface area contributed by atoms with E-state index in [4.69, 9.17) is 16.0 Å². The van der Waals surface area contributed by atoms with Crippen molar-refractivity contribution in [3.8, 4) is 0 Å². The first-order valence-electron chi connectivity index (χ1n) is 6.35. The van der Waals surface area contributed by atoms with Crippen molar-refractivity contribution in [1.82, 2.24) is 9.80 Å². The Hall–Kier alpha value is -1.00. The number of hydrogen-bond acceptors (Lipinski definition) is 3. The van der Waals surface area contributed by atoms with Gasteiger partial charge in [-0.3, -0.25) is 4.79 Å². The summed E-state index contributed by atoms with van der Waals surface area (Å²) in [5.41, 5.74) is 0. The maximum atomic E-state index is 12.2. The molecule has 1 amide bonds. The summed E-state index contributed by atoms with van der Waals surface area (Å²) in [7, 11) is 0. The first kappa shape index (κ1) is 13.4. The molecule has 0 unspecified atom stereocenters. The quantitative estimate of drug-likeness (QED) is 0.788. The van der Waals surface area contributed by atoms with Crippen LogP contribution in [0.5, 0.6) is 0 Å². The number of amides is 1. The molecule has 4 nitrogen and oxygen atoms in total. The molecule has 0 N–H and O–H groups in total. The fraction of sp³-hybridized carbons (Fsp3) is 0.615. The summed E-state index contributed by atoms with van der Waals surface area (Å²) in [5.74, 6) is 1.86. The van der Waals surface area contributed by atoms with E-state index in [9.17, 15) is 4.79 Å². The maximum Gasteiger partial charge on any atom is 0.289 e. The van der Waals surface area contributed by atoms with Crippen LogP contribution in [0.25, 0.3) is 0 Å². The standard InChI is InChI=1S/C13H19ClN2O2/c1-11-3-4-12(18-11)13(17)16-7-2-6-15(8-5-14)9-10-16/h3-4H,2,5-10H2,1H3. The van der Waals surface area contributed by atoms with Crippen LogP contribution in [0.2, 0.25) is 0 Å². The lowest BCUT2D eigenvalue weighted by Gasteiger charge is -2.20. The van der Waals surface area contributed by atoms with Crippen LogP contribution >= 0.6 is 11.6 Å². The smallest absolute Gasteiger partial charge is 0.289 e. The van der Waals surface area contributed by atoms with Gasteiger partial charge < -0.3 is 14.2 Å². The number of halogens is 1. The van der Waals surface area contributed by atoms with Gasteiger partial charge in [0.25, 0.3) is 5.91 Å². The fourth-order valence-corrected chi connectivity index (χ4v) is 2.46. The normalized spacial score (nSPS) is 17.8. The van der Waals surface area contributed by atoms with Gasteiger partial charge in [-0.05, 0) is 32.0 Å². The minimum atomic E-state index is -0.00387. The Morgan fingerprint density at radius 3 is 2.83 bits per heavy atom. The fourth-order valence-electron chi connectivity index (χ4n) is 2.22. The third-order valence-electron chi connectivity index (χ3n) is 3.23. The summed E-state index contributed by atoms with van der Waals surface area (Å²) in [5, 5.41) is 0. The number of alkyl halides is 1. The van der Waals surface area contributed by atoms with Crippen LogP contribution in [0.1, 0.15) is 22.7 Å². The molecule has 2 rings (SSSR count). The highest BCUT2D eigenvalue weighted by Gasteiger charge is 2.21. The van der Waals surface area contributed by atoms with Crippen molar-refractivity contribution in [2.24, 2.45) is 0 Å². The Morgan fingerprint density at radius 1 is 1.33 bits per heavy atom. The highest BCUT2D eigenvalue weighted by molar-refractivity contribution is 6.18. The molecule has 1 aliphatic rings. The van der Waals surface area contributed by atoms with E-state index in [0.29, 0.717) is 11.6 Å². The lowest BCUT2D eigenvalue weighted by molar-refractivity contribution is 0.0728. The molecular weight excluding hydrogens is 252 g/mol. The summed E-state index contributed by atoms with van der Waals surface area (Å²) in [6.45, 7) is 6.17. The van der Waals surface area contributed by atoms with Gasteiger partial charge >= 0.3 is 0 Å². The number of hydrogen-bond donors (Lipinski definition) is 0. The van der Waals surface area contributed by atoms with Crippen LogP contribution in [0.15, 0.2) is 16.5 Å². The van der Waals surface area contributed by atoms with Gasteiger partial charge in [0.1, 0.15) is 5.76 Å². The number of carbonyl (C=O) groups excluding carboxylic acids is 1. The lowest BCUT2D eigenvalue weighted by Crippen LogP contribution is -2.35. The van der Waals surface area contributed by atoms with Crippen LogP contribution in [0.3, 0.4) is 0 Å². The van der Waals surface area contributed by atoms with Crippen LogP contribution in [0, 0.1) is 6.92 Å². The van der Waals surface area contributed by atoms with E-state index in [1.807, 2.05) is 17.9 Å². The van der Waals surface area contributed by atoms with Crippen molar-refractivity contribution < 1.29 is 9.21 Å². The van der Waals surface area contributed by atoms with Gasteiger partial charge in [0.15, 0.2) is 5.76 Å². The molecule has 2 heterocycles. The topological polar surface area (TPSA) is 36.7 Å². The average molecular weight is 271 g/mol. The predicted molar refractivity (Wildman–Crippen MR) is 71.1 cm³/mol. The van der Waals surface area contributed by atoms with E-state index < -0.39 is 0 Å². The van der Waals surface area contributed by atoms with E-state index in [1.54, 1.807) is 6.07 Å². The van der Waals surface area contributed by atoms with Gasteiger partial charge in [-0.25, -0.2) is 0 Å². The molecule has 0 radical (unpaired) electrons. The van der Waals surface area contributed by atoms with Crippen molar-refractivity contribution in [2.45, 2.75) is 13.3 Å². The van der Waals surface area contributed by atoms with Crippen molar-refractivity contribution >= 4 is 17.5 Å². The van der Waals surface area contributed by atoms with Crippen molar-refractivity contribution in [3.05, 3.63) is 23.7 Å². The summed E-state index contributed by atoms with van der Waals surface area (Å²) >= 11 is 5.75. The molecule has 0 aliphatic carbocycles. The highest BCUT2D eigenvalue weighted by Crippen LogP contribution is 2.12. The monoisotopic (exact) mass is 270 g/mol. The van der Waals surface area contributed by atoms with Crippen molar-refractivity contribution in [3.63, 3.8) is 0 Å². The molecule has 0 bridgehead atoms. The molecule has 18 heavy (non-hydrogen) atoms. The number of rotatable bonds is 3. The molecule has 100 valence electrons. The second-order valence-corrected chi connectivity index (χ2v) is 4.96. The molecular formula is C13H19ClN2O2. The van der Waals surface area contributed by atoms with Gasteiger partial charge in [0.05, 0.1) is 0 Å². The molecule has 1 fully saturated rings. The molecule has 0 spiro atoms. The van der Waals surface area contributed by atoms with E-state index >= 15 is 0 Å². The third-order valence-corrected chi connectivity index (χ3v) is 3.40. The first-order valence-corrected chi connectivity index (χ1v) is 6.88. The second-order valence-electron chi connectivity index (χ2n) is 4.59. The largest absolute Gasteiger partial charge is 0.456 e. The minimum Gasteiger partial charge on any atom is -0.456 e. The Bertz CT molecular complexity index is 405. The molecule has 5 heteroatoms. The van der Waals surface area contributed by atoms with Crippen molar-refractivity contribution in [2.75, 3.05) is 38.6 Å². The van der Waals surface area contributed by atoms with E-state index in [1.165, 1.54) is 0 Å². The molecule has 1 aromatic rings. The molecule has 1 saturated heterocycles. The number of nitrogens with zero attached hydrogens (tertiary/aromatic N) is 2. The highest BCUT2D eigenvalue weighted by atomic mass is 35.5. The summed E-state index contributed by atoms with van der Waals surface area (Å²) in [6.07, 6.45) is 0.988. The van der Waals surface area contributed by atoms with Gasteiger partial charge in [0, 0.05) is 32.1 Å². The minimum absolute atomic E-state index is 0.00387. The lowest BCUT2D eigenvalue weighted by atomic mass is 10.3. The Kier molecular flexibility index (Phi) is 4.66. The van der Waals surface area contributed by atoms with Gasteiger partial charge in [-0.15, -0.1) is 11.6 Å². The maximum absolute atomic E-state index is 12.2. The zero-order valence-corrected chi connectivity index (χ0v) is 11.4. The molecule has 0 saturated carbocycles. The van der Waals surface area contributed by atoms with Crippen LogP contribution in [0.4, 0.5) is 0 Å². The predicted octanol–water partition coefficient (Wildman–Crippen LogP) is 1.97. The molecule has 1 aliphatic heterocycles. The summed E-state index contributed by atoms with van der Waals surface area (Å²) < 4.78 is 5.39. The number of furan rings is 1. The van der Waals surface area contributed by atoms with Crippen LogP contribution < -0.4 is 0 Å². The van der Waals surface area contributed by atoms with Gasteiger partial charge in [-0.1, -0.05) is 0 Å². The summed E-state index contributed by atoms with van der Waals surface area (Å²) in [4.78, 5) is 16.4. The van der Waals surface area contributed by atoms with Crippen molar-refractivity contribution in [1.29, 1.82) is 0 Å². The number of aryl methyl sites for hydroxylation is 1. The van der Waals surface area contributed by atoms with Crippen LogP contribution in [-0.4, -0.2) is 54.3 Å². The van der Waals surface area contributed by atoms with Crippen LogP contribution in [-0.2, 0) is 0 Å². The average Bonchev–Trinajstić information content (AvgIpc) is 2.65. The summed E-state index contributed by atoms with van der Waals surface area (Å²) in [6, 6.07) is 3.57. The zero-order valence-electron chi connectivity index (χ0n) is 10.7. The molecule has 1 aromatic heterocycles. The first-order chi connectivity index (χ1) is 8.70. The Labute approximate surface area is 112 Å². The Balaban J connectivity index is 1.95.